The second kappa shape index (κ2) is 5.90. The fourth-order valence-corrected chi connectivity index (χ4v) is 3.47. The second-order valence-electron chi connectivity index (χ2n) is 7.05. The lowest BCUT2D eigenvalue weighted by Crippen LogP contribution is -2.33. The normalized spacial score (nSPS) is 19.4. The van der Waals surface area contributed by atoms with E-state index in [0.29, 0.717) is 23.3 Å². The van der Waals surface area contributed by atoms with Crippen molar-refractivity contribution in [3.8, 4) is 5.75 Å². The molecule has 2 aromatic carbocycles. The van der Waals surface area contributed by atoms with Crippen LogP contribution in [0.3, 0.4) is 0 Å². The van der Waals surface area contributed by atoms with Crippen molar-refractivity contribution < 1.29 is 22.7 Å². The van der Waals surface area contributed by atoms with Crippen LogP contribution in [0, 0.1) is 5.41 Å². The number of halogens is 3. The summed E-state index contributed by atoms with van der Waals surface area (Å²) in [6.07, 6.45) is -3.93. The second-order valence-corrected chi connectivity index (χ2v) is 7.05. The van der Waals surface area contributed by atoms with Gasteiger partial charge in [-0.15, -0.1) is 0 Å². The standard InChI is InChI=1S/C20H19F3O2/c1-19(2)11-17(12-5-4-6-13(9-12)20(21,22)23)15-8-7-14(25-3)10-16(15)18(19)24/h4-10,17H,11H2,1-3H3. The van der Waals surface area contributed by atoms with E-state index >= 15 is 0 Å². The average Bonchev–Trinajstić information content (AvgIpc) is 2.57. The highest BCUT2D eigenvalue weighted by Crippen LogP contribution is 2.46. The maximum atomic E-state index is 13.1. The van der Waals surface area contributed by atoms with E-state index in [-0.39, 0.29) is 11.7 Å². The molecule has 5 heteroatoms. The topological polar surface area (TPSA) is 26.3 Å². The number of hydrogen-bond donors (Lipinski definition) is 0. The van der Waals surface area contributed by atoms with Crippen LogP contribution in [0.25, 0.3) is 0 Å². The van der Waals surface area contributed by atoms with E-state index in [9.17, 15) is 18.0 Å². The molecule has 0 saturated heterocycles. The Labute approximate surface area is 144 Å². The minimum absolute atomic E-state index is 0.00961. The van der Waals surface area contributed by atoms with Gasteiger partial charge in [0.15, 0.2) is 5.78 Å². The predicted molar refractivity (Wildman–Crippen MR) is 89.0 cm³/mol. The molecule has 0 saturated carbocycles. The van der Waals surface area contributed by atoms with Crippen molar-refractivity contribution >= 4 is 5.78 Å². The molecule has 3 rings (SSSR count). The molecule has 2 nitrogen and oxygen atoms in total. The third-order valence-corrected chi connectivity index (χ3v) is 4.83. The summed E-state index contributed by atoms with van der Waals surface area (Å²) in [5, 5.41) is 0. The van der Waals surface area contributed by atoms with E-state index in [2.05, 4.69) is 0 Å². The summed E-state index contributed by atoms with van der Waals surface area (Å²) in [5.41, 5.74) is 0.525. The molecule has 1 aliphatic rings. The number of ketones is 1. The van der Waals surface area contributed by atoms with Crippen LogP contribution in [0.1, 0.15) is 53.2 Å². The summed E-state index contributed by atoms with van der Waals surface area (Å²) in [6.45, 7) is 3.66. The first-order valence-electron chi connectivity index (χ1n) is 8.03. The first-order chi connectivity index (χ1) is 11.6. The number of rotatable bonds is 2. The van der Waals surface area contributed by atoms with Crippen molar-refractivity contribution in [1.82, 2.24) is 0 Å². The molecular weight excluding hydrogens is 329 g/mol. The molecule has 1 unspecified atom stereocenters. The summed E-state index contributed by atoms with van der Waals surface area (Å²) in [5.74, 6) is 0.285. The minimum atomic E-state index is -4.39. The van der Waals surface area contributed by atoms with Crippen molar-refractivity contribution in [1.29, 1.82) is 0 Å². The Kier molecular flexibility index (Phi) is 4.13. The molecule has 0 aromatic heterocycles. The third-order valence-electron chi connectivity index (χ3n) is 4.83. The molecule has 0 amide bonds. The van der Waals surface area contributed by atoms with E-state index < -0.39 is 17.2 Å². The molecule has 0 fully saturated rings. The van der Waals surface area contributed by atoms with Gasteiger partial charge in [-0.2, -0.15) is 13.2 Å². The summed E-state index contributed by atoms with van der Waals surface area (Å²) in [4.78, 5) is 12.8. The number of ether oxygens (including phenoxy) is 1. The van der Waals surface area contributed by atoms with Gasteiger partial charge >= 0.3 is 6.18 Å². The number of carbonyl (C=O) groups excluding carboxylic acids is 1. The van der Waals surface area contributed by atoms with Gasteiger partial charge in [0.05, 0.1) is 12.7 Å². The summed E-state index contributed by atoms with van der Waals surface area (Å²) < 4.78 is 44.4. The Morgan fingerprint density at radius 2 is 1.84 bits per heavy atom. The molecule has 1 aliphatic carbocycles. The molecule has 1 atom stereocenters. The lowest BCUT2D eigenvalue weighted by Gasteiger charge is -2.36. The lowest BCUT2D eigenvalue weighted by atomic mass is 9.66. The number of carbonyl (C=O) groups is 1. The van der Waals surface area contributed by atoms with Crippen molar-refractivity contribution in [3.05, 3.63) is 64.7 Å². The third kappa shape index (κ3) is 3.15. The first-order valence-corrected chi connectivity index (χ1v) is 8.03. The Morgan fingerprint density at radius 3 is 2.48 bits per heavy atom. The Morgan fingerprint density at radius 1 is 1.12 bits per heavy atom. The minimum Gasteiger partial charge on any atom is -0.497 e. The average molecular weight is 348 g/mol. The fraction of sp³-hybridized carbons (Fsp3) is 0.350. The number of methoxy groups -OCH3 is 1. The Balaban J connectivity index is 2.15. The molecule has 0 aliphatic heterocycles. The monoisotopic (exact) mass is 348 g/mol. The van der Waals surface area contributed by atoms with Gasteiger partial charge in [-0.1, -0.05) is 38.1 Å². The molecule has 0 heterocycles. The van der Waals surface area contributed by atoms with Crippen molar-refractivity contribution in [3.63, 3.8) is 0 Å². The van der Waals surface area contributed by atoms with Crippen molar-refractivity contribution in [2.75, 3.05) is 7.11 Å². The van der Waals surface area contributed by atoms with Gasteiger partial charge < -0.3 is 4.74 Å². The zero-order valence-electron chi connectivity index (χ0n) is 14.3. The predicted octanol–water partition coefficient (Wildman–Crippen LogP) is 5.46. The summed E-state index contributed by atoms with van der Waals surface area (Å²) in [6, 6.07) is 10.6. The van der Waals surface area contributed by atoms with Crippen LogP contribution in [0.15, 0.2) is 42.5 Å². The highest BCUT2D eigenvalue weighted by Gasteiger charge is 2.40. The fourth-order valence-electron chi connectivity index (χ4n) is 3.47. The van der Waals surface area contributed by atoms with Crippen LogP contribution >= 0.6 is 0 Å². The van der Waals surface area contributed by atoms with Gasteiger partial charge in [-0.3, -0.25) is 4.79 Å². The van der Waals surface area contributed by atoms with Crippen LogP contribution in [-0.2, 0) is 6.18 Å². The molecule has 132 valence electrons. The van der Waals surface area contributed by atoms with Gasteiger partial charge in [0, 0.05) is 16.9 Å². The zero-order chi connectivity index (χ0) is 18.4. The quantitative estimate of drug-likeness (QED) is 0.720. The van der Waals surface area contributed by atoms with Gasteiger partial charge in [0.25, 0.3) is 0 Å². The molecule has 0 spiro atoms. The van der Waals surface area contributed by atoms with Crippen LogP contribution in [-0.4, -0.2) is 12.9 Å². The van der Waals surface area contributed by atoms with E-state index in [1.807, 2.05) is 13.8 Å². The Bertz CT molecular complexity index is 822. The van der Waals surface area contributed by atoms with Crippen LogP contribution < -0.4 is 4.74 Å². The van der Waals surface area contributed by atoms with Gasteiger partial charge in [0.1, 0.15) is 5.75 Å². The van der Waals surface area contributed by atoms with Crippen LogP contribution in [0.2, 0.25) is 0 Å². The van der Waals surface area contributed by atoms with E-state index in [1.54, 1.807) is 24.3 Å². The summed E-state index contributed by atoms with van der Waals surface area (Å²) >= 11 is 0. The molecule has 0 bridgehead atoms. The van der Waals surface area contributed by atoms with Crippen LogP contribution in [0.5, 0.6) is 5.75 Å². The molecule has 2 aromatic rings. The largest absolute Gasteiger partial charge is 0.497 e. The van der Waals surface area contributed by atoms with Crippen molar-refractivity contribution in [2.45, 2.75) is 32.4 Å². The van der Waals surface area contributed by atoms with E-state index in [0.717, 1.165) is 11.6 Å². The lowest BCUT2D eigenvalue weighted by molar-refractivity contribution is -0.137. The van der Waals surface area contributed by atoms with Crippen LogP contribution in [0.4, 0.5) is 13.2 Å². The van der Waals surface area contributed by atoms with E-state index in [1.165, 1.54) is 19.2 Å². The number of Topliss-reactive ketones (excluding diaryl/α,β-unsaturated/α-hetero) is 1. The maximum Gasteiger partial charge on any atom is 0.416 e. The highest BCUT2D eigenvalue weighted by molar-refractivity contribution is 6.03. The molecule has 0 N–H and O–H groups in total. The molecular formula is C20H19F3O2. The summed E-state index contributed by atoms with van der Waals surface area (Å²) in [7, 11) is 1.52. The smallest absolute Gasteiger partial charge is 0.416 e. The highest BCUT2D eigenvalue weighted by atomic mass is 19.4. The van der Waals surface area contributed by atoms with Crippen molar-refractivity contribution in [2.24, 2.45) is 5.41 Å². The molecule has 0 radical (unpaired) electrons. The SMILES string of the molecule is COc1ccc2c(c1)C(=O)C(C)(C)CC2c1cccc(C(F)(F)F)c1. The van der Waals surface area contributed by atoms with Gasteiger partial charge in [0.2, 0.25) is 0 Å². The molecule has 25 heavy (non-hydrogen) atoms. The number of hydrogen-bond acceptors (Lipinski definition) is 2. The number of benzene rings is 2. The maximum absolute atomic E-state index is 13.1. The number of fused-ring (bicyclic) bond motifs is 1. The number of alkyl halides is 3. The zero-order valence-corrected chi connectivity index (χ0v) is 14.3. The Hall–Kier alpha value is -2.30. The first kappa shape index (κ1) is 17.5. The van der Waals surface area contributed by atoms with E-state index in [4.69, 9.17) is 4.74 Å². The van der Waals surface area contributed by atoms with Gasteiger partial charge in [-0.25, -0.2) is 0 Å². The van der Waals surface area contributed by atoms with Gasteiger partial charge in [-0.05, 0) is 35.7 Å².